The predicted octanol–water partition coefficient (Wildman–Crippen LogP) is 1.86. The molecule has 0 saturated carbocycles. The van der Waals surface area contributed by atoms with Crippen molar-refractivity contribution in [3.8, 4) is 0 Å². The largest absolute Gasteiger partial charge is 0.290 e. The van der Waals surface area contributed by atoms with Crippen LogP contribution >= 0.6 is 0 Å². The molecule has 0 aromatic carbocycles. The highest BCUT2D eigenvalue weighted by Gasteiger charge is 2.12. The van der Waals surface area contributed by atoms with E-state index in [2.05, 4.69) is 4.98 Å². The second kappa shape index (κ2) is 3.30. The number of rotatable bonds is 2. The zero-order valence-corrected chi connectivity index (χ0v) is 7.07. The highest BCUT2D eigenvalue weighted by molar-refractivity contribution is 5.35. The molecular weight excluding hydrogens is 156 g/mol. The number of hydrogen-bond donors (Lipinski definition) is 0. The number of nitro groups is 1. The Morgan fingerprint density at radius 2 is 2.25 bits per heavy atom. The maximum Gasteiger partial charge on any atom is 0.290 e. The van der Waals surface area contributed by atoms with Crippen LogP contribution in [0.3, 0.4) is 0 Å². The number of hydrogen-bond acceptors (Lipinski definition) is 3. The summed E-state index contributed by atoms with van der Waals surface area (Å²) < 4.78 is 0. The van der Waals surface area contributed by atoms with Crippen LogP contribution in [0.1, 0.15) is 18.3 Å². The van der Waals surface area contributed by atoms with Gasteiger partial charge in [-0.2, -0.15) is 0 Å². The van der Waals surface area contributed by atoms with Crippen LogP contribution in [0.2, 0.25) is 0 Å². The van der Waals surface area contributed by atoms with Gasteiger partial charge in [0.05, 0.1) is 4.92 Å². The monoisotopic (exact) mass is 166 g/mol. The Morgan fingerprint density at radius 3 is 2.75 bits per heavy atom. The summed E-state index contributed by atoms with van der Waals surface area (Å²) in [4.78, 5) is 14.1. The summed E-state index contributed by atoms with van der Waals surface area (Å²) >= 11 is 0. The maximum atomic E-state index is 10.5. The fourth-order valence-corrected chi connectivity index (χ4v) is 1.03. The Labute approximate surface area is 70.4 Å². The zero-order chi connectivity index (χ0) is 9.14. The Balaban J connectivity index is 3.20. The lowest BCUT2D eigenvalue weighted by molar-refractivity contribution is -0.385. The Hall–Kier alpha value is -1.45. The highest BCUT2D eigenvalue weighted by atomic mass is 16.6. The van der Waals surface area contributed by atoms with Crippen LogP contribution < -0.4 is 0 Å². The van der Waals surface area contributed by atoms with Gasteiger partial charge in [-0.15, -0.1) is 0 Å². The summed E-state index contributed by atoms with van der Waals surface area (Å²) in [7, 11) is 0. The van der Waals surface area contributed by atoms with Crippen LogP contribution in [0.25, 0.3) is 0 Å². The average Bonchev–Trinajstić information content (AvgIpc) is 2.03. The molecule has 0 fully saturated rings. The summed E-state index contributed by atoms with van der Waals surface area (Å²) in [6, 6.07) is 3.15. The van der Waals surface area contributed by atoms with Gasteiger partial charge in [-0.1, -0.05) is 6.92 Å². The second-order valence-electron chi connectivity index (χ2n) is 2.53. The van der Waals surface area contributed by atoms with Crippen molar-refractivity contribution in [3.05, 3.63) is 33.6 Å². The number of aryl methyl sites for hydroxylation is 2. The number of aromatic nitrogens is 1. The van der Waals surface area contributed by atoms with E-state index in [1.807, 2.05) is 13.8 Å². The molecule has 1 rings (SSSR count). The molecule has 4 nitrogen and oxygen atoms in total. The average molecular weight is 166 g/mol. The first kappa shape index (κ1) is 8.64. The van der Waals surface area contributed by atoms with Gasteiger partial charge < -0.3 is 0 Å². The van der Waals surface area contributed by atoms with Crippen molar-refractivity contribution < 1.29 is 4.92 Å². The molecule has 0 saturated heterocycles. The Kier molecular flexibility index (Phi) is 2.38. The van der Waals surface area contributed by atoms with Crippen molar-refractivity contribution in [2.24, 2.45) is 0 Å². The molecule has 0 N–H and O–H groups in total. The van der Waals surface area contributed by atoms with Gasteiger partial charge in [0, 0.05) is 11.8 Å². The van der Waals surface area contributed by atoms with Crippen LogP contribution in [0.15, 0.2) is 12.1 Å². The first-order chi connectivity index (χ1) is 5.65. The lowest BCUT2D eigenvalue weighted by atomic mass is 10.2. The van der Waals surface area contributed by atoms with E-state index in [0.29, 0.717) is 12.1 Å². The van der Waals surface area contributed by atoms with E-state index in [0.717, 1.165) is 5.69 Å². The fraction of sp³-hybridized carbons (Fsp3) is 0.375. The molecule has 0 radical (unpaired) electrons. The third-order valence-corrected chi connectivity index (χ3v) is 1.62. The van der Waals surface area contributed by atoms with Crippen LogP contribution in [0, 0.1) is 17.0 Å². The van der Waals surface area contributed by atoms with Gasteiger partial charge in [0.15, 0.2) is 0 Å². The van der Waals surface area contributed by atoms with Crippen LogP contribution in [0.5, 0.6) is 0 Å². The molecule has 64 valence electrons. The highest BCUT2D eigenvalue weighted by Crippen LogP contribution is 2.16. The minimum Gasteiger partial charge on any atom is -0.258 e. The van der Waals surface area contributed by atoms with Gasteiger partial charge in [-0.25, -0.2) is 0 Å². The molecule has 0 spiro atoms. The second-order valence-corrected chi connectivity index (χ2v) is 2.53. The van der Waals surface area contributed by atoms with Gasteiger partial charge in [-0.05, 0) is 19.4 Å². The van der Waals surface area contributed by atoms with E-state index in [1.165, 1.54) is 6.07 Å². The van der Waals surface area contributed by atoms with E-state index in [9.17, 15) is 10.1 Å². The van der Waals surface area contributed by atoms with Gasteiger partial charge in [-0.3, -0.25) is 15.1 Å². The van der Waals surface area contributed by atoms with Crippen molar-refractivity contribution in [2.45, 2.75) is 20.3 Å². The van der Waals surface area contributed by atoms with Gasteiger partial charge in [0.2, 0.25) is 0 Å². The van der Waals surface area contributed by atoms with Crippen molar-refractivity contribution in [3.63, 3.8) is 0 Å². The Morgan fingerprint density at radius 1 is 1.58 bits per heavy atom. The van der Waals surface area contributed by atoms with Crippen molar-refractivity contribution in [2.75, 3.05) is 0 Å². The molecule has 0 unspecified atom stereocenters. The molecule has 4 heteroatoms. The normalized spacial score (nSPS) is 9.83. The van der Waals surface area contributed by atoms with E-state index in [-0.39, 0.29) is 5.69 Å². The van der Waals surface area contributed by atoms with Gasteiger partial charge in [0.25, 0.3) is 5.69 Å². The third-order valence-electron chi connectivity index (χ3n) is 1.62. The fourth-order valence-electron chi connectivity index (χ4n) is 1.03. The molecule has 1 aromatic rings. The minimum atomic E-state index is -0.398. The lowest BCUT2D eigenvalue weighted by Crippen LogP contribution is -1.98. The summed E-state index contributed by atoms with van der Waals surface area (Å²) in [6.45, 7) is 3.68. The molecule has 0 amide bonds. The Bertz CT molecular complexity index is 310. The van der Waals surface area contributed by atoms with Crippen LogP contribution in [-0.4, -0.2) is 9.91 Å². The van der Waals surface area contributed by atoms with Crippen molar-refractivity contribution in [1.82, 2.24) is 4.98 Å². The molecule has 0 aliphatic carbocycles. The quantitative estimate of drug-likeness (QED) is 0.497. The number of pyridine rings is 1. The van der Waals surface area contributed by atoms with Crippen LogP contribution in [0.4, 0.5) is 5.69 Å². The smallest absolute Gasteiger partial charge is 0.258 e. The van der Waals surface area contributed by atoms with Crippen molar-refractivity contribution >= 4 is 5.69 Å². The van der Waals surface area contributed by atoms with Crippen LogP contribution in [-0.2, 0) is 6.42 Å². The molecular formula is C8H10N2O2. The summed E-state index contributed by atoms with van der Waals surface area (Å²) in [5.41, 5.74) is 1.49. The van der Waals surface area contributed by atoms with E-state index in [4.69, 9.17) is 0 Å². The van der Waals surface area contributed by atoms with Gasteiger partial charge in [0.1, 0.15) is 5.69 Å². The molecule has 12 heavy (non-hydrogen) atoms. The topological polar surface area (TPSA) is 56.0 Å². The summed E-state index contributed by atoms with van der Waals surface area (Å²) in [6.07, 6.45) is 0.595. The molecule has 1 aromatic heterocycles. The van der Waals surface area contributed by atoms with E-state index >= 15 is 0 Å². The van der Waals surface area contributed by atoms with E-state index in [1.54, 1.807) is 6.07 Å². The first-order valence-electron chi connectivity index (χ1n) is 3.76. The van der Waals surface area contributed by atoms with Gasteiger partial charge >= 0.3 is 0 Å². The molecule has 1 heterocycles. The SMILES string of the molecule is CCc1nc(C)ccc1[N+](=O)[O-]. The van der Waals surface area contributed by atoms with E-state index < -0.39 is 4.92 Å². The summed E-state index contributed by atoms with van der Waals surface area (Å²) in [5.74, 6) is 0. The predicted molar refractivity (Wildman–Crippen MR) is 45.0 cm³/mol. The first-order valence-corrected chi connectivity index (χ1v) is 3.76. The zero-order valence-electron chi connectivity index (χ0n) is 7.07. The molecule has 0 aliphatic rings. The third kappa shape index (κ3) is 1.58. The maximum absolute atomic E-state index is 10.5. The molecule has 0 atom stereocenters. The van der Waals surface area contributed by atoms with Crippen molar-refractivity contribution in [1.29, 1.82) is 0 Å². The minimum absolute atomic E-state index is 0.114. The summed E-state index contributed by atoms with van der Waals surface area (Å²) in [5, 5.41) is 10.5. The standard InChI is InChI=1S/C8H10N2O2/c1-3-7-8(10(11)12)5-4-6(2)9-7/h4-5H,3H2,1-2H3. The number of nitrogens with zero attached hydrogens (tertiary/aromatic N) is 2. The lowest BCUT2D eigenvalue weighted by Gasteiger charge is -1.98. The molecule has 0 aliphatic heterocycles. The molecule has 0 bridgehead atoms.